The molecule has 1 unspecified atom stereocenters. The zero-order chi connectivity index (χ0) is 17.0. The number of furan rings is 1. The number of esters is 2. The van der Waals surface area contributed by atoms with Gasteiger partial charge in [-0.05, 0) is 12.1 Å². The molecule has 0 saturated heterocycles. The number of methoxy groups -OCH3 is 2. The minimum absolute atomic E-state index is 0.173. The van der Waals surface area contributed by atoms with Crippen molar-refractivity contribution in [3.8, 4) is 5.75 Å². The number of H-pyrrole nitrogens is 1. The first-order valence-corrected chi connectivity index (χ1v) is 6.62. The lowest BCUT2D eigenvalue weighted by Gasteiger charge is -2.15. The zero-order valence-electron chi connectivity index (χ0n) is 12.5. The van der Waals surface area contributed by atoms with Crippen LogP contribution in [0.4, 0.5) is 0 Å². The molecule has 2 aromatic rings. The number of hydrogen-bond acceptors (Lipinski definition) is 7. The van der Waals surface area contributed by atoms with Gasteiger partial charge in [0, 0.05) is 6.20 Å². The molecule has 0 bridgehead atoms. The Morgan fingerprint density at radius 2 is 2.09 bits per heavy atom. The number of pyridine rings is 1. The first-order chi connectivity index (χ1) is 11.0. The highest BCUT2D eigenvalue weighted by Crippen LogP contribution is 2.33. The molecule has 2 N–H and O–H groups in total. The van der Waals surface area contributed by atoms with Gasteiger partial charge < -0.3 is 24.0 Å². The molecule has 2 rings (SSSR count). The number of carbonyl (C=O) groups excluding carboxylic acids is 2. The molecule has 0 aliphatic heterocycles. The molecule has 0 saturated carbocycles. The van der Waals surface area contributed by atoms with E-state index in [0.29, 0.717) is 0 Å². The summed E-state index contributed by atoms with van der Waals surface area (Å²) in [6.07, 6.45) is 2.17. The summed E-state index contributed by atoms with van der Waals surface area (Å²) >= 11 is 0. The molecule has 2 aromatic heterocycles. The Balaban J connectivity index is 2.60. The minimum Gasteiger partial charge on any atom is -0.506 e. The Labute approximate surface area is 130 Å². The van der Waals surface area contributed by atoms with Gasteiger partial charge in [0.2, 0.25) is 0 Å². The number of ether oxygens (including phenoxy) is 2. The van der Waals surface area contributed by atoms with E-state index in [1.54, 1.807) is 12.1 Å². The average molecular weight is 321 g/mol. The maximum absolute atomic E-state index is 12.1. The topological polar surface area (TPSA) is 119 Å². The molecule has 2 heterocycles. The summed E-state index contributed by atoms with van der Waals surface area (Å²) in [6.45, 7) is 0. The zero-order valence-corrected chi connectivity index (χ0v) is 12.5. The number of nitrogens with one attached hydrogen (secondary N) is 1. The molecule has 0 aromatic carbocycles. The van der Waals surface area contributed by atoms with Crippen molar-refractivity contribution < 1.29 is 28.6 Å². The van der Waals surface area contributed by atoms with Crippen LogP contribution in [-0.4, -0.2) is 36.2 Å². The molecule has 1 atom stereocenters. The molecule has 23 heavy (non-hydrogen) atoms. The van der Waals surface area contributed by atoms with Gasteiger partial charge in [-0.15, -0.1) is 0 Å². The Bertz CT molecular complexity index is 761. The van der Waals surface area contributed by atoms with Crippen LogP contribution in [0.25, 0.3) is 0 Å². The van der Waals surface area contributed by atoms with E-state index in [-0.39, 0.29) is 23.3 Å². The van der Waals surface area contributed by atoms with Crippen molar-refractivity contribution in [1.29, 1.82) is 0 Å². The van der Waals surface area contributed by atoms with E-state index in [0.717, 1.165) is 13.3 Å². The molecule has 0 amide bonds. The smallest absolute Gasteiger partial charge is 0.343 e. The fourth-order valence-electron chi connectivity index (χ4n) is 2.21. The Kier molecular flexibility index (Phi) is 4.85. The predicted octanol–water partition coefficient (Wildman–Crippen LogP) is 1.16. The first kappa shape index (κ1) is 16.3. The molecule has 0 radical (unpaired) electrons. The summed E-state index contributed by atoms with van der Waals surface area (Å²) in [5, 5.41) is 10.3. The molecular formula is C15H15NO7. The second-order valence-corrected chi connectivity index (χ2v) is 4.63. The van der Waals surface area contributed by atoms with Crippen LogP contribution in [-0.2, 0) is 14.3 Å². The van der Waals surface area contributed by atoms with E-state index in [1.165, 1.54) is 13.4 Å². The lowest BCUT2D eigenvalue weighted by atomic mass is 9.92. The summed E-state index contributed by atoms with van der Waals surface area (Å²) < 4.78 is 14.4. The van der Waals surface area contributed by atoms with Crippen LogP contribution in [0.15, 0.2) is 33.8 Å². The fraction of sp³-hybridized carbons (Fsp3) is 0.267. The SMILES string of the molecule is COC(=O)CC(c1ccco1)c1c(O)c(C(=O)OC)c[nH]c1=O. The molecule has 8 nitrogen and oxygen atoms in total. The lowest BCUT2D eigenvalue weighted by Crippen LogP contribution is -2.21. The van der Waals surface area contributed by atoms with E-state index in [9.17, 15) is 19.5 Å². The van der Waals surface area contributed by atoms with Crippen molar-refractivity contribution in [2.24, 2.45) is 0 Å². The summed E-state index contributed by atoms with van der Waals surface area (Å²) in [6, 6.07) is 3.13. The van der Waals surface area contributed by atoms with E-state index in [4.69, 9.17) is 4.42 Å². The van der Waals surface area contributed by atoms with Gasteiger partial charge in [0.05, 0.1) is 38.4 Å². The van der Waals surface area contributed by atoms with Crippen molar-refractivity contribution in [3.63, 3.8) is 0 Å². The largest absolute Gasteiger partial charge is 0.506 e. The Hall–Kier alpha value is -3.03. The molecular weight excluding hydrogens is 306 g/mol. The van der Waals surface area contributed by atoms with Gasteiger partial charge in [0.1, 0.15) is 17.1 Å². The number of rotatable bonds is 5. The van der Waals surface area contributed by atoms with Gasteiger partial charge in [-0.1, -0.05) is 0 Å². The van der Waals surface area contributed by atoms with Gasteiger partial charge >= 0.3 is 11.9 Å². The van der Waals surface area contributed by atoms with Gasteiger partial charge in [-0.3, -0.25) is 9.59 Å². The molecule has 8 heteroatoms. The number of hydrogen-bond donors (Lipinski definition) is 2. The second kappa shape index (κ2) is 6.82. The van der Waals surface area contributed by atoms with Crippen molar-refractivity contribution in [3.05, 3.63) is 51.8 Å². The van der Waals surface area contributed by atoms with Crippen LogP contribution in [0.1, 0.15) is 34.0 Å². The maximum Gasteiger partial charge on any atom is 0.343 e. The van der Waals surface area contributed by atoms with E-state index >= 15 is 0 Å². The highest BCUT2D eigenvalue weighted by molar-refractivity contribution is 5.92. The van der Waals surface area contributed by atoms with Crippen molar-refractivity contribution in [1.82, 2.24) is 4.98 Å². The van der Waals surface area contributed by atoms with Crippen molar-refractivity contribution >= 4 is 11.9 Å². The van der Waals surface area contributed by atoms with Crippen molar-refractivity contribution in [2.75, 3.05) is 14.2 Å². The van der Waals surface area contributed by atoms with Crippen LogP contribution in [0.3, 0.4) is 0 Å². The third kappa shape index (κ3) is 3.25. The average Bonchev–Trinajstić information content (AvgIpc) is 3.07. The summed E-state index contributed by atoms with van der Waals surface area (Å²) in [5.41, 5.74) is -1.04. The third-order valence-electron chi connectivity index (χ3n) is 3.34. The second-order valence-electron chi connectivity index (χ2n) is 4.63. The Morgan fingerprint density at radius 1 is 1.35 bits per heavy atom. The van der Waals surface area contributed by atoms with Crippen LogP contribution in [0.5, 0.6) is 5.75 Å². The van der Waals surface area contributed by atoms with Gasteiger partial charge in [-0.2, -0.15) is 0 Å². The lowest BCUT2D eigenvalue weighted by molar-refractivity contribution is -0.140. The van der Waals surface area contributed by atoms with E-state index in [2.05, 4.69) is 14.5 Å². The number of carbonyl (C=O) groups is 2. The van der Waals surface area contributed by atoms with Crippen LogP contribution in [0.2, 0.25) is 0 Å². The molecule has 0 aliphatic carbocycles. The first-order valence-electron chi connectivity index (χ1n) is 6.62. The number of aromatic amines is 1. The predicted molar refractivity (Wildman–Crippen MR) is 77.3 cm³/mol. The Morgan fingerprint density at radius 3 is 2.65 bits per heavy atom. The third-order valence-corrected chi connectivity index (χ3v) is 3.34. The fourth-order valence-corrected chi connectivity index (χ4v) is 2.21. The molecule has 0 spiro atoms. The van der Waals surface area contributed by atoms with Crippen LogP contribution >= 0.6 is 0 Å². The monoisotopic (exact) mass is 321 g/mol. The number of aromatic hydroxyl groups is 1. The van der Waals surface area contributed by atoms with Crippen LogP contribution in [0, 0.1) is 0 Å². The summed E-state index contributed by atoms with van der Waals surface area (Å²) in [7, 11) is 2.35. The number of aromatic nitrogens is 1. The minimum atomic E-state index is -0.911. The summed E-state index contributed by atoms with van der Waals surface area (Å²) in [4.78, 5) is 37.8. The quantitative estimate of drug-likeness (QED) is 0.793. The summed E-state index contributed by atoms with van der Waals surface area (Å²) in [5.74, 6) is -2.63. The van der Waals surface area contributed by atoms with Gasteiger partial charge in [0.25, 0.3) is 5.56 Å². The highest BCUT2D eigenvalue weighted by atomic mass is 16.5. The van der Waals surface area contributed by atoms with Crippen molar-refractivity contribution in [2.45, 2.75) is 12.3 Å². The molecule has 0 aliphatic rings. The maximum atomic E-state index is 12.1. The highest BCUT2D eigenvalue weighted by Gasteiger charge is 2.29. The standard InChI is InChI=1S/C15H15NO7/c1-21-11(17)6-8(10-4-3-5-23-10)12-13(18)9(15(20)22-2)7-16-14(12)19/h3-5,7-8H,6H2,1-2H3,(H2,16,18,19). The molecule has 0 fully saturated rings. The van der Waals surface area contributed by atoms with Crippen LogP contribution < -0.4 is 5.56 Å². The van der Waals surface area contributed by atoms with E-state index in [1.807, 2.05) is 0 Å². The van der Waals surface area contributed by atoms with Gasteiger partial charge in [0.15, 0.2) is 0 Å². The van der Waals surface area contributed by atoms with Gasteiger partial charge in [-0.25, -0.2) is 4.79 Å². The van der Waals surface area contributed by atoms with E-state index < -0.39 is 29.2 Å². The normalized spacial score (nSPS) is 11.7. The molecule has 122 valence electrons.